The number of carbonyl (C=O) groups is 2. The molecule has 7 nitrogen and oxygen atoms in total. The molecule has 0 heterocycles. The lowest BCUT2D eigenvalue weighted by Gasteiger charge is -2.30. The van der Waals surface area contributed by atoms with Crippen LogP contribution in [-0.2, 0) is 26.2 Å². The van der Waals surface area contributed by atoms with Gasteiger partial charge in [0.15, 0.2) is 0 Å². The average molecular weight is 496 g/mol. The molecule has 0 aromatic heterocycles. The predicted molar refractivity (Wildman–Crippen MR) is 138 cm³/mol. The first kappa shape index (κ1) is 26.4. The van der Waals surface area contributed by atoms with Crippen molar-refractivity contribution in [3.05, 3.63) is 78.4 Å². The zero-order chi connectivity index (χ0) is 25.6. The lowest BCUT2D eigenvalue weighted by Crippen LogP contribution is -2.51. The second-order valence-corrected chi connectivity index (χ2v) is 11.1. The van der Waals surface area contributed by atoms with Gasteiger partial charge in [0.1, 0.15) is 6.04 Å². The van der Waals surface area contributed by atoms with Gasteiger partial charge in [0.25, 0.3) is 0 Å². The maximum atomic E-state index is 13.4. The Balaban J connectivity index is 1.81. The highest BCUT2D eigenvalue weighted by molar-refractivity contribution is 7.89. The summed E-state index contributed by atoms with van der Waals surface area (Å²) < 4.78 is 27.5. The van der Waals surface area contributed by atoms with Crippen LogP contribution in [0.25, 0.3) is 10.8 Å². The first-order chi connectivity index (χ1) is 16.6. The summed E-state index contributed by atoms with van der Waals surface area (Å²) in [5.41, 5.74) is 0.851. The van der Waals surface area contributed by atoms with Crippen molar-refractivity contribution in [1.29, 1.82) is 0 Å². The summed E-state index contributed by atoms with van der Waals surface area (Å²) in [6, 6.07) is 21.0. The Morgan fingerprint density at radius 2 is 1.51 bits per heavy atom. The maximum Gasteiger partial charge on any atom is 0.243 e. The van der Waals surface area contributed by atoms with Gasteiger partial charge in [0.05, 0.1) is 11.4 Å². The Morgan fingerprint density at radius 1 is 0.886 bits per heavy atom. The number of nitrogens with one attached hydrogen (secondary N) is 1. The van der Waals surface area contributed by atoms with Crippen LogP contribution in [0.5, 0.6) is 0 Å². The van der Waals surface area contributed by atoms with E-state index < -0.39 is 22.0 Å². The average Bonchev–Trinajstić information content (AvgIpc) is 2.85. The van der Waals surface area contributed by atoms with Gasteiger partial charge in [-0.1, -0.05) is 74.5 Å². The molecule has 0 bridgehead atoms. The van der Waals surface area contributed by atoms with Crippen LogP contribution < -0.4 is 5.32 Å². The molecule has 3 aromatic carbocycles. The van der Waals surface area contributed by atoms with Crippen molar-refractivity contribution < 1.29 is 18.0 Å². The number of hydrogen-bond acceptors (Lipinski definition) is 4. The molecule has 1 atom stereocenters. The van der Waals surface area contributed by atoms with Gasteiger partial charge in [-0.2, -0.15) is 4.31 Å². The van der Waals surface area contributed by atoms with Crippen LogP contribution in [0.3, 0.4) is 0 Å². The van der Waals surface area contributed by atoms with Crippen molar-refractivity contribution in [1.82, 2.24) is 14.5 Å². The van der Waals surface area contributed by atoms with Crippen LogP contribution in [0.15, 0.2) is 77.7 Å². The summed E-state index contributed by atoms with van der Waals surface area (Å²) in [6.45, 7) is 5.94. The van der Waals surface area contributed by atoms with Crippen molar-refractivity contribution in [3.8, 4) is 0 Å². The molecule has 0 saturated heterocycles. The minimum atomic E-state index is -3.91. The fraction of sp³-hybridized carbons (Fsp3) is 0.333. The van der Waals surface area contributed by atoms with Gasteiger partial charge in [-0.05, 0) is 41.3 Å². The highest BCUT2D eigenvalue weighted by Crippen LogP contribution is 2.21. The van der Waals surface area contributed by atoms with E-state index in [0.717, 1.165) is 20.6 Å². The van der Waals surface area contributed by atoms with Crippen LogP contribution in [0.1, 0.15) is 26.3 Å². The molecule has 35 heavy (non-hydrogen) atoms. The molecule has 0 aliphatic carbocycles. The number of sulfonamides is 1. The van der Waals surface area contributed by atoms with E-state index in [1.54, 1.807) is 25.1 Å². The third kappa shape index (κ3) is 6.68. The third-order valence-electron chi connectivity index (χ3n) is 5.83. The van der Waals surface area contributed by atoms with Crippen molar-refractivity contribution in [2.45, 2.75) is 38.3 Å². The van der Waals surface area contributed by atoms with Crippen molar-refractivity contribution in [2.75, 3.05) is 20.1 Å². The molecular weight excluding hydrogens is 462 g/mol. The fourth-order valence-corrected chi connectivity index (χ4v) is 4.85. The Bertz CT molecular complexity index is 1280. The molecule has 8 heteroatoms. The first-order valence-electron chi connectivity index (χ1n) is 11.7. The van der Waals surface area contributed by atoms with Gasteiger partial charge in [-0.3, -0.25) is 9.59 Å². The van der Waals surface area contributed by atoms with Crippen molar-refractivity contribution in [3.63, 3.8) is 0 Å². The van der Waals surface area contributed by atoms with Crippen LogP contribution in [-0.4, -0.2) is 55.6 Å². The molecule has 1 unspecified atom stereocenters. The van der Waals surface area contributed by atoms with Gasteiger partial charge in [-0.25, -0.2) is 8.42 Å². The van der Waals surface area contributed by atoms with Gasteiger partial charge in [0, 0.05) is 20.1 Å². The number of fused-ring (bicyclic) bond motifs is 1. The minimum absolute atomic E-state index is 0.115. The van der Waals surface area contributed by atoms with E-state index in [4.69, 9.17) is 0 Å². The zero-order valence-electron chi connectivity index (χ0n) is 20.6. The molecule has 0 spiro atoms. The number of amides is 2. The Hall–Kier alpha value is -3.23. The Labute approximate surface area is 207 Å². The fourth-order valence-electron chi connectivity index (χ4n) is 3.69. The molecule has 186 valence electrons. The van der Waals surface area contributed by atoms with E-state index in [2.05, 4.69) is 5.32 Å². The Morgan fingerprint density at radius 3 is 2.17 bits per heavy atom. The van der Waals surface area contributed by atoms with Crippen molar-refractivity contribution in [2.24, 2.45) is 5.92 Å². The number of nitrogens with zero attached hydrogens (tertiary/aromatic N) is 2. The summed E-state index contributed by atoms with van der Waals surface area (Å²) >= 11 is 0. The molecule has 0 aliphatic heterocycles. The van der Waals surface area contributed by atoms with Crippen LogP contribution in [0.2, 0.25) is 0 Å². The highest BCUT2D eigenvalue weighted by atomic mass is 32.2. The zero-order valence-corrected chi connectivity index (χ0v) is 21.5. The van der Waals surface area contributed by atoms with Crippen LogP contribution in [0.4, 0.5) is 0 Å². The number of hydrogen-bond donors (Lipinski definition) is 1. The van der Waals surface area contributed by atoms with Gasteiger partial charge < -0.3 is 10.2 Å². The molecule has 3 aromatic rings. The summed E-state index contributed by atoms with van der Waals surface area (Å²) in [5.74, 6) is -0.460. The molecular formula is C27H33N3O4S. The van der Waals surface area contributed by atoms with E-state index in [0.29, 0.717) is 6.54 Å². The monoisotopic (exact) mass is 495 g/mol. The van der Waals surface area contributed by atoms with Crippen LogP contribution >= 0.6 is 0 Å². The maximum absolute atomic E-state index is 13.4. The smallest absolute Gasteiger partial charge is 0.243 e. The molecule has 0 saturated carbocycles. The van der Waals surface area contributed by atoms with Gasteiger partial charge >= 0.3 is 0 Å². The summed E-state index contributed by atoms with van der Waals surface area (Å²) in [5, 5.41) is 4.60. The number of likely N-dealkylation sites (N-methyl/N-ethyl adjacent to an activating group) is 1. The Kier molecular flexibility index (Phi) is 8.64. The number of benzene rings is 3. The third-order valence-corrected chi connectivity index (χ3v) is 7.63. The molecule has 2 amide bonds. The van der Waals surface area contributed by atoms with Crippen LogP contribution in [0, 0.1) is 5.92 Å². The van der Waals surface area contributed by atoms with E-state index in [-0.39, 0.29) is 29.8 Å². The topological polar surface area (TPSA) is 86.8 Å². The molecule has 0 aliphatic rings. The minimum Gasteiger partial charge on any atom is -0.354 e. The quantitative estimate of drug-likeness (QED) is 0.465. The van der Waals surface area contributed by atoms with E-state index >= 15 is 0 Å². The first-order valence-corrected chi connectivity index (χ1v) is 13.1. The van der Waals surface area contributed by atoms with E-state index in [1.807, 2.05) is 68.4 Å². The van der Waals surface area contributed by atoms with E-state index in [1.165, 1.54) is 11.9 Å². The lowest BCUT2D eigenvalue weighted by molar-refractivity contribution is -0.140. The van der Waals surface area contributed by atoms with Crippen molar-refractivity contribution >= 4 is 32.6 Å². The molecule has 0 radical (unpaired) electrons. The molecule has 1 N–H and O–H groups in total. The standard InChI is InChI=1S/C27H33N3O4S/c1-20(2)17-28-27(32)21(3)30(18-22-10-6-5-7-11-22)26(31)19-29(4)35(33,34)25-15-14-23-12-8-9-13-24(23)16-25/h5-16,20-21H,17-19H2,1-4H3,(H,28,32). The number of carbonyl (C=O) groups excluding carboxylic acids is 2. The normalized spacial score (nSPS) is 12.6. The second-order valence-electron chi connectivity index (χ2n) is 9.09. The van der Waals surface area contributed by atoms with Gasteiger partial charge in [-0.15, -0.1) is 0 Å². The van der Waals surface area contributed by atoms with Gasteiger partial charge in [0.2, 0.25) is 21.8 Å². The summed E-state index contributed by atoms with van der Waals surface area (Å²) in [7, 11) is -2.53. The predicted octanol–water partition coefficient (Wildman–Crippen LogP) is 3.65. The molecule has 0 fully saturated rings. The number of rotatable bonds is 10. The van der Waals surface area contributed by atoms with E-state index in [9.17, 15) is 18.0 Å². The largest absolute Gasteiger partial charge is 0.354 e. The second kappa shape index (κ2) is 11.5. The summed E-state index contributed by atoms with van der Waals surface area (Å²) in [6.07, 6.45) is 0. The molecule has 3 rings (SSSR count). The SMILES string of the molecule is CC(C)CNC(=O)C(C)N(Cc1ccccc1)C(=O)CN(C)S(=O)(=O)c1ccc2ccccc2c1. The lowest BCUT2D eigenvalue weighted by atomic mass is 10.1. The highest BCUT2D eigenvalue weighted by Gasteiger charge is 2.30. The summed E-state index contributed by atoms with van der Waals surface area (Å²) in [4.78, 5) is 27.7.